The lowest BCUT2D eigenvalue weighted by Crippen LogP contribution is -2.24. The minimum absolute atomic E-state index is 0.0482. The summed E-state index contributed by atoms with van der Waals surface area (Å²) in [6.45, 7) is 7.92. The molecule has 2 heterocycles. The summed E-state index contributed by atoms with van der Waals surface area (Å²) >= 11 is 0. The lowest BCUT2D eigenvalue weighted by atomic mass is 9.83. The molecular formula is C33H38O8. The van der Waals surface area contributed by atoms with Crippen LogP contribution in [0.2, 0.25) is 0 Å². The van der Waals surface area contributed by atoms with Crippen molar-refractivity contribution in [3.05, 3.63) is 64.7 Å². The average Bonchev–Trinajstić information content (AvgIpc) is 2.93. The number of carbonyl (C=O) groups is 3. The Morgan fingerprint density at radius 2 is 1.83 bits per heavy atom. The molecule has 2 aliphatic heterocycles. The van der Waals surface area contributed by atoms with E-state index >= 15 is 0 Å². The van der Waals surface area contributed by atoms with Crippen molar-refractivity contribution in [2.75, 3.05) is 20.8 Å². The molecule has 0 radical (unpaired) electrons. The second-order valence-electron chi connectivity index (χ2n) is 10.6. The van der Waals surface area contributed by atoms with E-state index in [0.717, 1.165) is 17.6 Å². The third-order valence-corrected chi connectivity index (χ3v) is 7.23. The van der Waals surface area contributed by atoms with Crippen LogP contribution < -0.4 is 18.9 Å². The first-order valence-electron chi connectivity index (χ1n) is 14.0. The molecule has 0 amide bonds. The van der Waals surface area contributed by atoms with E-state index in [-0.39, 0.29) is 23.9 Å². The minimum Gasteiger partial charge on any atom is -0.495 e. The van der Waals surface area contributed by atoms with Crippen molar-refractivity contribution >= 4 is 23.8 Å². The van der Waals surface area contributed by atoms with E-state index in [1.807, 2.05) is 32.1 Å². The Hall–Kier alpha value is -4.07. The molecule has 0 N–H and O–H groups in total. The van der Waals surface area contributed by atoms with Crippen LogP contribution in [0.5, 0.6) is 23.0 Å². The van der Waals surface area contributed by atoms with Crippen LogP contribution in [-0.4, -0.2) is 44.7 Å². The van der Waals surface area contributed by atoms with Gasteiger partial charge in [0.25, 0.3) is 0 Å². The van der Waals surface area contributed by atoms with Crippen molar-refractivity contribution in [2.45, 2.75) is 70.8 Å². The Morgan fingerprint density at radius 3 is 2.56 bits per heavy atom. The van der Waals surface area contributed by atoms with E-state index in [9.17, 15) is 14.4 Å². The monoisotopic (exact) mass is 562 g/mol. The lowest BCUT2D eigenvalue weighted by Gasteiger charge is -2.29. The molecule has 8 heteroatoms. The molecule has 0 fully saturated rings. The molecule has 0 spiro atoms. The van der Waals surface area contributed by atoms with Crippen LogP contribution in [0.4, 0.5) is 0 Å². The summed E-state index contributed by atoms with van der Waals surface area (Å²) in [4.78, 5) is 38.6. The average molecular weight is 563 g/mol. The third kappa shape index (κ3) is 7.17. The molecule has 2 aliphatic rings. The Kier molecular flexibility index (Phi) is 9.86. The quantitative estimate of drug-likeness (QED) is 0.221. The normalized spacial score (nSPS) is 19.7. The second kappa shape index (κ2) is 13.5. The zero-order chi connectivity index (χ0) is 29.5. The molecule has 0 saturated carbocycles. The van der Waals surface area contributed by atoms with Crippen molar-refractivity contribution in [3.63, 3.8) is 0 Å². The number of Topliss-reactive ketones (excluding diaryl/α,β-unsaturated/α-hetero) is 1. The maximum Gasteiger partial charge on any atom is 0.342 e. The highest BCUT2D eigenvalue weighted by Crippen LogP contribution is 2.48. The van der Waals surface area contributed by atoms with Crippen molar-refractivity contribution < 1.29 is 38.1 Å². The van der Waals surface area contributed by atoms with E-state index in [1.54, 1.807) is 25.3 Å². The van der Waals surface area contributed by atoms with Crippen LogP contribution in [0, 0.1) is 0 Å². The zero-order valence-corrected chi connectivity index (χ0v) is 24.2. The van der Waals surface area contributed by atoms with E-state index < -0.39 is 17.9 Å². The fourth-order valence-corrected chi connectivity index (χ4v) is 5.22. The molecule has 0 aromatic heterocycles. The van der Waals surface area contributed by atoms with E-state index in [4.69, 9.17) is 23.7 Å². The van der Waals surface area contributed by atoms with Gasteiger partial charge in [-0.1, -0.05) is 24.8 Å². The van der Waals surface area contributed by atoms with Gasteiger partial charge in [0.05, 0.1) is 26.7 Å². The standard InChI is InChI=1S/C33H38O8/c1-20(2)19-39-26-15-14-22(16-27(26)37-4)25-18-29(35)41-28-17-23-11-7-6-8-12-24(34)13-9-10-21(3)40-33(36)30(23)32(38-5)31(25)28/h7,11,14-17,21,25H,1,6,8-10,12-13,18-19H2,2-5H3. The van der Waals surface area contributed by atoms with Crippen LogP contribution in [0.15, 0.2) is 42.5 Å². The van der Waals surface area contributed by atoms with E-state index in [2.05, 4.69) is 6.58 Å². The number of hydrogen-bond donors (Lipinski definition) is 0. The van der Waals surface area contributed by atoms with Gasteiger partial charge < -0.3 is 23.7 Å². The number of ketones is 1. The molecule has 2 aromatic rings. The molecule has 8 nitrogen and oxygen atoms in total. The summed E-state index contributed by atoms with van der Waals surface area (Å²) < 4.78 is 28.9. The fraction of sp³-hybridized carbons (Fsp3) is 0.424. The molecule has 2 atom stereocenters. The van der Waals surface area contributed by atoms with Gasteiger partial charge in [-0.25, -0.2) is 4.79 Å². The first-order chi connectivity index (χ1) is 19.7. The summed E-state index contributed by atoms with van der Waals surface area (Å²) in [5.41, 5.74) is 3.04. The number of fused-ring (bicyclic) bond motifs is 2. The molecule has 0 aliphatic carbocycles. The first-order valence-corrected chi connectivity index (χ1v) is 14.0. The molecule has 41 heavy (non-hydrogen) atoms. The van der Waals surface area contributed by atoms with Gasteiger partial charge in [-0.05, 0) is 74.4 Å². The summed E-state index contributed by atoms with van der Waals surface area (Å²) in [6, 6.07) is 7.19. The Labute approximate surface area is 241 Å². The molecule has 0 saturated heterocycles. The molecule has 2 aromatic carbocycles. The number of cyclic esters (lactones) is 1. The number of methoxy groups -OCH3 is 2. The van der Waals surface area contributed by atoms with E-state index in [1.165, 1.54) is 7.11 Å². The number of allylic oxidation sites excluding steroid dienone is 1. The summed E-state index contributed by atoms with van der Waals surface area (Å²) in [5.74, 6) is 0.516. The number of esters is 2. The van der Waals surface area contributed by atoms with Crippen LogP contribution in [0.25, 0.3) is 6.08 Å². The zero-order valence-electron chi connectivity index (χ0n) is 24.2. The minimum atomic E-state index is -0.531. The highest BCUT2D eigenvalue weighted by Gasteiger charge is 2.36. The van der Waals surface area contributed by atoms with Crippen molar-refractivity contribution in [1.29, 1.82) is 0 Å². The predicted molar refractivity (Wildman–Crippen MR) is 155 cm³/mol. The Bertz CT molecular complexity index is 1360. The van der Waals surface area contributed by atoms with Gasteiger partial charge in [0, 0.05) is 24.3 Å². The number of rotatable bonds is 6. The van der Waals surface area contributed by atoms with Crippen molar-refractivity contribution in [2.24, 2.45) is 0 Å². The maximum absolute atomic E-state index is 13.6. The first kappa shape index (κ1) is 29.9. The summed E-state index contributed by atoms with van der Waals surface area (Å²) in [5, 5.41) is 0. The van der Waals surface area contributed by atoms with Gasteiger partial charge in [0.15, 0.2) is 11.5 Å². The number of benzene rings is 2. The van der Waals surface area contributed by atoms with Gasteiger partial charge in [0.2, 0.25) is 0 Å². The molecule has 4 rings (SSSR count). The van der Waals surface area contributed by atoms with Gasteiger partial charge in [-0.3, -0.25) is 9.59 Å². The highest BCUT2D eigenvalue weighted by molar-refractivity contribution is 5.99. The van der Waals surface area contributed by atoms with Gasteiger partial charge in [0.1, 0.15) is 29.5 Å². The number of ether oxygens (including phenoxy) is 5. The third-order valence-electron chi connectivity index (χ3n) is 7.23. The van der Waals surface area contributed by atoms with E-state index in [0.29, 0.717) is 72.8 Å². The Morgan fingerprint density at radius 1 is 1.05 bits per heavy atom. The van der Waals surface area contributed by atoms with Gasteiger partial charge >= 0.3 is 11.9 Å². The van der Waals surface area contributed by atoms with Gasteiger partial charge in [-0.15, -0.1) is 0 Å². The predicted octanol–water partition coefficient (Wildman–Crippen LogP) is 6.58. The van der Waals surface area contributed by atoms with Crippen LogP contribution in [0.1, 0.15) is 91.8 Å². The molecular weight excluding hydrogens is 524 g/mol. The molecule has 2 unspecified atom stereocenters. The van der Waals surface area contributed by atoms with Crippen molar-refractivity contribution in [1.82, 2.24) is 0 Å². The second-order valence-corrected chi connectivity index (χ2v) is 10.6. The SMILES string of the molecule is C=C(C)COc1ccc(C2CC(=O)Oc3cc4c(c(OC)c32)C(=O)OC(C)CCCC(=O)CCCC=C4)cc1OC. The lowest BCUT2D eigenvalue weighted by molar-refractivity contribution is -0.135. The van der Waals surface area contributed by atoms with Crippen molar-refractivity contribution in [3.8, 4) is 23.0 Å². The Balaban J connectivity index is 1.82. The molecule has 218 valence electrons. The maximum atomic E-state index is 13.6. The topological polar surface area (TPSA) is 97.4 Å². The number of hydrogen-bond acceptors (Lipinski definition) is 8. The largest absolute Gasteiger partial charge is 0.495 e. The number of carbonyl (C=O) groups excluding carboxylic acids is 3. The fourth-order valence-electron chi connectivity index (χ4n) is 5.22. The van der Waals surface area contributed by atoms with Crippen LogP contribution >= 0.6 is 0 Å². The van der Waals surface area contributed by atoms with Crippen LogP contribution in [0.3, 0.4) is 0 Å². The van der Waals surface area contributed by atoms with Crippen LogP contribution in [-0.2, 0) is 14.3 Å². The summed E-state index contributed by atoms with van der Waals surface area (Å²) in [6.07, 6.45) is 6.98. The van der Waals surface area contributed by atoms with Gasteiger partial charge in [-0.2, -0.15) is 0 Å². The smallest absolute Gasteiger partial charge is 0.342 e. The highest BCUT2D eigenvalue weighted by atomic mass is 16.5. The summed E-state index contributed by atoms with van der Waals surface area (Å²) in [7, 11) is 3.05. The molecule has 0 bridgehead atoms.